The van der Waals surface area contributed by atoms with Crippen LogP contribution in [-0.2, 0) is 19.5 Å². The number of guanidine groups is 1. The van der Waals surface area contributed by atoms with E-state index in [2.05, 4.69) is 44.5 Å². The van der Waals surface area contributed by atoms with Gasteiger partial charge in [-0.05, 0) is 12.0 Å². The van der Waals surface area contributed by atoms with E-state index in [1.165, 1.54) is 0 Å². The number of rotatable bonds is 6. The molecule has 7 nitrogen and oxygen atoms in total. The lowest BCUT2D eigenvalue weighted by Crippen LogP contribution is -2.38. The maximum absolute atomic E-state index is 5.30. The van der Waals surface area contributed by atoms with E-state index in [1.807, 2.05) is 42.4 Å². The first-order valence-corrected chi connectivity index (χ1v) is 8.65. The van der Waals surface area contributed by atoms with Crippen molar-refractivity contribution in [2.45, 2.75) is 26.4 Å². The van der Waals surface area contributed by atoms with Crippen LogP contribution in [0.5, 0.6) is 0 Å². The van der Waals surface area contributed by atoms with Crippen LogP contribution in [0.3, 0.4) is 0 Å². The van der Waals surface area contributed by atoms with Crippen molar-refractivity contribution in [2.24, 2.45) is 4.99 Å². The second-order valence-electron chi connectivity index (χ2n) is 6.00. The summed E-state index contributed by atoms with van der Waals surface area (Å²) in [5, 5.41) is 7.28. The highest BCUT2D eigenvalue weighted by atomic mass is 127. The van der Waals surface area contributed by atoms with Gasteiger partial charge in [-0.15, -0.1) is 24.0 Å². The predicted octanol–water partition coefficient (Wildman–Crippen LogP) is 3.45. The van der Waals surface area contributed by atoms with Crippen LogP contribution < -0.4 is 5.32 Å². The molecule has 144 valence electrons. The zero-order chi connectivity index (χ0) is 18.4. The highest BCUT2D eigenvalue weighted by Gasteiger charge is 2.11. The Morgan fingerprint density at radius 1 is 1.30 bits per heavy atom. The second-order valence-corrected chi connectivity index (χ2v) is 6.00. The minimum Gasteiger partial charge on any atom is -0.359 e. The Kier molecular flexibility index (Phi) is 7.83. The van der Waals surface area contributed by atoms with Gasteiger partial charge < -0.3 is 19.7 Å². The van der Waals surface area contributed by atoms with Gasteiger partial charge in [-0.25, -0.2) is 4.98 Å². The van der Waals surface area contributed by atoms with E-state index in [9.17, 15) is 0 Å². The molecule has 0 spiro atoms. The normalized spacial score (nSPS) is 11.1. The van der Waals surface area contributed by atoms with Gasteiger partial charge in [0.1, 0.15) is 5.82 Å². The zero-order valence-electron chi connectivity index (χ0n) is 15.8. The molecule has 0 amide bonds. The van der Waals surface area contributed by atoms with Crippen LogP contribution >= 0.6 is 24.0 Å². The number of nitrogens with one attached hydrogen (secondary N) is 2. The maximum Gasteiger partial charge on any atom is 0.194 e. The van der Waals surface area contributed by atoms with Crippen LogP contribution in [0, 0.1) is 0 Å². The Morgan fingerprint density at radius 3 is 2.74 bits per heavy atom. The molecule has 27 heavy (non-hydrogen) atoms. The van der Waals surface area contributed by atoms with E-state index in [4.69, 9.17) is 4.52 Å². The zero-order valence-corrected chi connectivity index (χ0v) is 18.1. The molecule has 1 aromatic carbocycles. The monoisotopic (exact) mass is 480 g/mol. The van der Waals surface area contributed by atoms with Crippen molar-refractivity contribution >= 4 is 29.9 Å². The van der Waals surface area contributed by atoms with Crippen LogP contribution in [0.4, 0.5) is 0 Å². The summed E-state index contributed by atoms with van der Waals surface area (Å²) < 4.78 is 5.30. The summed E-state index contributed by atoms with van der Waals surface area (Å²) in [6.45, 7) is 3.20. The Balaban J connectivity index is 0.00000261. The highest BCUT2D eigenvalue weighted by molar-refractivity contribution is 14.0. The van der Waals surface area contributed by atoms with Gasteiger partial charge in [0.15, 0.2) is 11.7 Å². The number of aromatic amines is 1. The molecule has 3 aromatic rings. The standard InChI is InChI=1S/C19H24N6O.HI/c1-4-15-10-16(26-24-15)11-22-19(20-2)25(3)13-18-21-12-17(23-18)14-8-6-5-7-9-14;/h5-10,12H,4,11,13H2,1-3H3,(H,20,22)(H,21,23);1H. The van der Waals surface area contributed by atoms with Crippen LogP contribution in [0.15, 0.2) is 52.1 Å². The Labute approximate surface area is 176 Å². The van der Waals surface area contributed by atoms with E-state index >= 15 is 0 Å². The van der Waals surface area contributed by atoms with E-state index in [0.29, 0.717) is 13.1 Å². The number of aromatic nitrogens is 3. The fourth-order valence-electron chi connectivity index (χ4n) is 2.66. The van der Waals surface area contributed by atoms with Gasteiger partial charge in [0.2, 0.25) is 0 Å². The molecule has 0 saturated heterocycles. The number of hydrogen-bond acceptors (Lipinski definition) is 4. The van der Waals surface area contributed by atoms with E-state index in [-0.39, 0.29) is 24.0 Å². The summed E-state index contributed by atoms with van der Waals surface area (Å²) in [6, 6.07) is 12.1. The summed E-state index contributed by atoms with van der Waals surface area (Å²) in [6.07, 6.45) is 2.72. The predicted molar refractivity (Wildman–Crippen MR) is 117 cm³/mol. The van der Waals surface area contributed by atoms with Gasteiger partial charge in [0, 0.05) is 20.2 Å². The lowest BCUT2D eigenvalue weighted by Gasteiger charge is -2.20. The molecule has 0 aliphatic rings. The lowest BCUT2D eigenvalue weighted by atomic mass is 10.2. The first-order chi connectivity index (χ1) is 12.7. The molecular weight excluding hydrogens is 455 g/mol. The Morgan fingerprint density at radius 2 is 2.07 bits per heavy atom. The van der Waals surface area contributed by atoms with Crippen LogP contribution in [0.1, 0.15) is 24.2 Å². The smallest absolute Gasteiger partial charge is 0.194 e. The summed E-state index contributed by atoms with van der Waals surface area (Å²) in [7, 11) is 3.73. The van der Waals surface area contributed by atoms with Crippen molar-refractivity contribution in [1.82, 2.24) is 25.3 Å². The third kappa shape index (κ3) is 5.56. The van der Waals surface area contributed by atoms with Gasteiger partial charge >= 0.3 is 0 Å². The molecule has 0 atom stereocenters. The third-order valence-corrected chi connectivity index (χ3v) is 4.06. The topological polar surface area (TPSA) is 82.3 Å². The van der Waals surface area contributed by atoms with Crippen molar-refractivity contribution < 1.29 is 4.52 Å². The summed E-state index contributed by atoms with van der Waals surface area (Å²) in [4.78, 5) is 14.2. The SMILES string of the molecule is CCc1cc(CNC(=NC)N(C)Cc2ncc(-c3ccccc3)[nH]2)on1.I. The van der Waals surface area contributed by atoms with Gasteiger partial charge in [-0.2, -0.15) is 0 Å². The average molecular weight is 480 g/mol. The van der Waals surface area contributed by atoms with Crippen molar-refractivity contribution in [3.05, 3.63) is 59.9 Å². The number of benzene rings is 1. The van der Waals surface area contributed by atoms with Gasteiger partial charge in [-0.3, -0.25) is 4.99 Å². The van der Waals surface area contributed by atoms with Gasteiger partial charge in [-0.1, -0.05) is 42.4 Å². The molecule has 0 aliphatic carbocycles. The summed E-state index contributed by atoms with van der Waals surface area (Å²) >= 11 is 0. The molecule has 0 fully saturated rings. The minimum absolute atomic E-state index is 0. The largest absolute Gasteiger partial charge is 0.359 e. The maximum atomic E-state index is 5.30. The van der Waals surface area contributed by atoms with Crippen molar-refractivity contribution in [3.63, 3.8) is 0 Å². The molecule has 2 heterocycles. The fraction of sp³-hybridized carbons (Fsp3) is 0.316. The number of imidazole rings is 1. The molecular formula is C19H25IN6O. The molecule has 0 saturated carbocycles. The Hall–Kier alpha value is -2.36. The molecule has 0 aliphatic heterocycles. The molecule has 0 radical (unpaired) electrons. The first-order valence-electron chi connectivity index (χ1n) is 8.65. The summed E-state index contributed by atoms with van der Waals surface area (Å²) in [5.41, 5.74) is 3.08. The number of aliphatic imine (C=N–C) groups is 1. The van der Waals surface area contributed by atoms with Crippen LogP contribution in [-0.4, -0.2) is 40.1 Å². The van der Waals surface area contributed by atoms with E-state index in [1.54, 1.807) is 7.05 Å². The first kappa shape index (κ1) is 20.9. The van der Waals surface area contributed by atoms with Crippen LogP contribution in [0.25, 0.3) is 11.3 Å². The van der Waals surface area contributed by atoms with E-state index < -0.39 is 0 Å². The Bertz CT molecular complexity index is 858. The van der Waals surface area contributed by atoms with Crippen molar-refractivity contribution in [3.8, 4) is 11.3 Å². The molecule has 3 rings (SSSR count). The molecule has 2 aromatic heterocycles. The van der Waals surface area contributed by atoms with Gasteiger partial charge in [0.05, 0.1) is 30.7 Å². The second kappa shape index (κ2) is 10.1. The number of halogens is 1. The molecule has 0 unspecified atom stereocenters. The number of hydrogen-bond donors (Lipinski definition) is 2. The van der Waals surface area contributed by atoms with Crippen molar-refractivity contribution in [1.29, 1.82) is 0 Å². The summed E-state index contributed by atoms with van der Waals surface area (Å²) in [5.74, 6) is 2.43. The number of H-pyrrole nitrogens is 1. The van der Waals surface area contributed by atoms with Crippen molar-refractivity contribution in [2.75, 3.05) is 14.1 Å². The lowest BCUT2D eigenvalue weighted by molar-refractivity contribution is 0.371. The fourth-order valence-corrected chi connectivity index (χ4v) is 2.66. The quantitative estimate of drug-likeness (QED) is 0.321. The third-order valence-electron chi connectivity index (χ3n) is 4.06. The number of aryl methyl sites for hydroxylation is 1. The van der Waals surface area contributed by atoms with E-state index in [0.717, 1.165) is 40.9 Å². The molecule has 2 N–H and O–H groups in total. The minimum atomic E-state index is 0. The van der Waals surface area contributed by atoms with Gasteiger partial charge in [0.25, 0.3) is 0 Å². The highest BCUT2D eigenvalue weighted by Crippen LogP contribution is 2.16. The average Bonchev–Trinajstić information content (AvgIpc) is 3.32. The molecule has 0 bridgehead atoms. The molecule has 8 heteroatoms. The van der Waals surface area contributed by atoms with Crippen LogP contribution in [0.2, 0.25) is 0 Å². The number of nitrogens with zero attached hydrogens (tertiary/aromatic N) is 4.